The maximum atomic E-state index is 6.57. The van der Waals surface area contributed by atoms with Crippen LogP contribution in [0.3, 0.4) is 0 Å². The molecule has 0 aliphatic heterocycles. The van der Waals surface area contributed by atoms with Crippen LogP contribution in [0.5, 0.6) is 28.7 Å². The highest BCUT2D eigenvalue weighted by atomic mass is 32.1. The Morgan fingerprint density at radius 2 is 0.783 bits per heavy atom. The summed E-state index contributed by atoms with van der Waals surface area (Å²) in [5.41, 5.74) is 10.3. The van der Waals surface area contributed by atoms with Crippen LogP contribution in [0, 0.1) is 48.5 Å². The second kappa shape index (κ2) is 13.7. The third kappa shape index (κ3) is 5.80. The largest absolute Gasteiger partial charge is 0.496 e. The molecule has 8 heteroatoms. The van der Waals surface area contributed by atoms with Gasteiger partial charge < -0.3 is 23.7 Å². The van der Waals surface area contributed by atoms with Crippen LogP contribution >= 0.6 is 34.0 Å². The first-order valence-electron chi connectivity index (χ1n) is 15.4. The third-order valence-corrected chi connectivity index (χ3v) is 13.0. The van der Waals surface area contributed by atoms with Crippen LogP contribution in [0.15, 0.2) is 24.3 Å². The predicted molar refractivity (Wildman–Crippen MR) is 197 cm³/mol. The summed E-state index contributed by atoms with van der Waals surface area (Å²) in [6.07, 6.45) is 0.934. The molecule has 0 unspecified atom stereocenters. The predicted octanol–water partition coefficient (Wildman–Crippen LogP) is 11.5. The van der Waals surface area contributed by atoms with Crippen molar-refractivity contribution < 1.29 is 23.7 Å². The highest BCUT2D eigenvalue weighted by Gasteiger charge is 2.29. The average molecular weight is 677 g/mol. The second-order valence-corrected chi connectivity index (χ2v) is 14.7. The molecule has 0 aliphatic rings. The van der Waals surface area contributed by atoms with Gasteiger partial charge in [0.2, 0.25) is 0 Å². The van der Waals surface area contributed by atoms with E-state index in [9.17, 15) is 0 Å². The van der Waals surface area contributed by atoms with Crippen molar-refractivity contribution in [2.24, 2.45) is 0 Å². The zero-order valence-corrected chi connectivity index (χ0v) is 31.4. The molecule has 0 spiro atoms. The number of hydrogen-bond donors (Lipinski definition) is 0. The molecule has 0 saturated carbocycles. The molecule has 5 aromatic rings. The van der Waals surface area contributed by atoms with Crippen molar-refractivity contribution in [2.75, 3.05) is 35.0 Å². The number of rotatable bonds is 11. The first kappa shape index (κ1) is 33.9. The molecule has 0 amide bonds. The normalized spacial score (nSPS) is 11.2. The Balaban J connectivity index is 1.73. The zero-order valence-electron chi connectivity index (χ0n) is 29.0. The van der Waals surface area contributed by atoms with Crippen LogP contribution in [-0.2, 0) is 0 Å². The SMILES string of the molecule is CCCOc1c(-c2sc(-c3c(OC)cc(C)cc3OC)c(C)c2C)sc(-c2sc(-c3c(OC)cc(C)cc3OC)c(C)c2C)c1C. The van der Waals surface area contributed by atoms with E-state index in [0.29, 0.717) is 6.61 Å². The van der Waals surface area contributed by atoms with E-state index in [2.05, 4.69) is 79.7 Å². The molecule has 46 heavy (non-hydrogen) atoms. The van der Waals surface area contributed by atoms with Crippen LogP contribution < -0.4 is 23.7 Å². The molecule has 0 N–H and O–H groups in total. The molecule has 244 valence electrons. The number of methoxy groups -OCH3 is 4. The summed E-state index contributed by atoms with van der Waals surface area (Å²) in [5.74, 6) is 4.25. The lowest BCUT2D eigenvalue weighted by molar-refractivity contribution is 0.318. The third-order valence-electron chi connectivity index (χ3n) is 8.60. The fourth-order valence-electron chi connectivity index (χ4n) is 5.88. The molecule has 0 aliphatic carbocycles. The molecule has 5 rings (SSSR count). The summed E-state index contributed by atoms with van der Waals surface area (Å²) in [4.78, 5) is 7.19. The lowest BCUT2D eigenvalue weighted by Crippen LogP contribution is -1.96. The van der Waals surface area contributed by atoms with E-state index in [1.54, 1.807) is 51.1 Å². The first-order chi connectivity index (χ1) is 22.0. The van der Waals surface area contributed by atoms with Gasteiger partial charge >= 0.3 is 0 Å². The second-order valence-electron chi connectivity index (χ2n) is 11.7. The summed E-state index contributed by atoms with van der Waals surface area (Å²) < 4.78 is 30.1. The van der Waals surface area contributed by atoms with Crippen LogP contribution in [-0.4, -0.2) is 35.0 Å². The van der Waals surface area contributed by atoms with Crippen molar-refractivity contribution in [3.8, 4) is 69.1 Å². The summed E-state index contributed by atoms with van der Waals surface area (Å²) in [6.45, 7) is 18.0. The fourth-order valence-corrected chi connectivity index (χ4v) is 10.3. The average Bonchev–Trinajstić information content (AvgIpc) is 3.63. The molecule has 0 bridgehead atoms. The highest BCUT2D eigenvalue weighted by Crippen LogP contribution is 2.57. The van der Waals surface area contributed by atoms with Gasteiger partial charge in [-0.05, 0) is 113 Å². The quantitative estimate of drug-likeness (QED) is 0.139. The molecule has 5 nitrogen and oxygen atoms in total. The summed E-state index contributed by atoms with van der Waals surface area (Å²) >= 11 is 5.40. The zero-order chi connectivity index (χ0) is 33.4. The minimum absolute atomic E-state index is 0.658. The van der Waals surface area contributed by atoms with Gasteiger partial charge in [-0.15, -0.1) is 34.0 Å². The number of benzene rings is 2. The van der Waals surface area contributed by atoms with E-state index in [0.717, 1.165) is 67.2 Å². The van der Waals surface area contributed by atoms with Gasteiger partial charge in [0, 0.05) is 20.2 Å². The number of aryl methyl sites for hydroxylation is 2. The van der Waals surface area contributed by atoms with Crippen molar-refractivity contribution in [2.45, 2.75) is 61.8 Å². The van der Waals surface area contributed by atoms with Gasteiger partial charge in [0.1, 0.15) is 28.7 Å². The summed E-state index contributed by atoms with van der Waals surface area (Å²) in [7, 11) is 6.90. The molecule has 0 saturated heterocycles. The monoisotopic (exact) mass is 676 g/mol. The van der Waals surface area contributed by atoms with Crippen molar-refractivity contribution in [1.29, 1.82) is 0 Å². The Bertz CT molecular complexity index is 1860. The van der Waals surface area contributed by atoms with Gasteiger partial charge in [-0.25, -0.2) is 0 Å². The van der Waals surface area contributed by atoms with Gasteiger partial charge in [0.15, 0.2) is 0 Å². The maximum absolute atomic E-state index is 6.57. The van der Waals surface area contributed by atoms with Gasteiger partial charge in [-0.2, -0.15) is 0 Å². The van der Waals surface area contributed by atoms with Crippen LogP contribution in [0.4, 0.5) is 0 Å². The Morgan fingerprint density at radius 3 is 1.15 bits per heavy atom. The smallest absolute Gasteiger partial charge is 0.142 e. The Kier molecular flexibility index (Phi) is 10.1. The fraction of sp³-hybridized carbons (Fsp3) is 0.368. The minimum Gasteiger partial charge on any atom is -0.496 e. The van der Waals surface area contributed by atoms with Gasteiger partial charge in [-0.3, -0.25) is 0 Å². The van der Waals surface area contributed by atoms with E-state index in [-0.39, 0.29) is 0 Å². The van der Waals surface area contributed by atoms with Crippen molar-refractivity contribution in [3.63, 3.8) is 0 Å². The van der Waals surface area contributed by atoms with Crippen molar-refractivity contribution in [1.82, 2.24) is 0 Å². The highest BCUT2D eigenvalue weighted by molar-refractivity contribution is 7.28. The van der Waals surface area contributed by atoms with E-state index >= 15 is 0 Å². The maximum Gasteiger partial charge on any atom is 0.142 e. The van der Waals surface area contributed by atoms with Gasteiger partial charge in [0.05, 0.1) is 60.8 Å². The standard InChI is InChI=1S/C38H44O5S3/c1-13-14-43-32-25(8)37(35-23(6)21(4)33(44-35)30-26(39-9)15-19(2)16-27(30)40-10)46-38(32)36-24(7)22(5)34(45-36)31-28(41-11)17-20(3)18-29(31)42-12/h15-18H,13-14H2,1-12H3. The summed E-state index contributed by atoms with van der Waals surface area (Å²) in [6, 6.07) is 8.31. The van der Waals surface area contributed by atoms with E-state index < -0.39 is 0 Å². The molecule has 2 aromatic carbocycles. The molecule has 3 aromatic heterocycles. The first-order valence-corrected chi connectivity index (χ1v) is 17.9. The number of ether oxygens (including phenoxy) is 5. The summed E-state index contributed by atoms with van der Waals surface area (Å²) in [5, 5.41) is 0. The van der Waals surface area contributed by atoms with E-state index in [1.165, 1.54) is 47.3 Å². The minimum atomic E-state index is 0.658. The van der Waals surface area contributed by atoms with E-state index in [4.69, 9.17) is 23.7 Å². The molecular formula is C38H44O5S3. The topological polar surface area (TPSA) is 46.2 Å². The van der Waals surface area contributed by atoms with E-state index in [1.807, 2.05) is 11.3 Å². The van der Waals surface area contributed by atoms with Gasteiger partial charge in [0.25, 0.3) is 0 Å². The van der Waals surface area contributed by atoms with Crippen molar-refractivity contribution in [3.05, 3.63) is 63.2 Å². The Hall–Kier alpha value is -3.46. The van der Waals surface area contributed by atoms with Crippen LogP contribution in [0.25, 0.3) is 40.4 Å². The molecule has 0 atom stereocenters. The van der Waals surface area contributed by atoms with Crippen LogP contribution in [0.1, 0.15) is 52.3 Å². The Labute approximate surface area is 285 Å². The van der Waals surface area contributed by atoms with Crippen LogP contribution in [0.2, 0.25) is 0 Å². The Morgan fingerprint density at radius 1 is 0.457 bits per heavy atom. The molecule has 3 heterocycles. The molecular weight excluding hydrogens is 633 g/mol. The lowest BCUT2D eigenvalue weighted by Gasteiger charge is -2.14. The van der Waals surface area contributed by atoms with Gasteiger partial charge in [-0.1, -0.05) is 6.92 Å². The lowest BCUT2D eigenvalue weighted by atomic mass is 10.0. The molecule has 0 fully saturated rings. The molecule has 0 radical (unpaired) electrons. The number of thiophene rings is 3. The van der Waals surface area contributed by atoms with Crippen molar-refractivity contribution >= 4 is 34.0 Å². The number of hydrogen-bond acceptors (Lipinski definition) is 8.